The lowest BCUT2D eigenvalue weighted by atomic mass is 10.0. The Morgan fingerprint density at radius 2 is 1.97 bits per heavy atom. The van der Waals surface area contributed by atoms with Crippen molar-refractivity contribution in [3.8, 4) is 17.0 Å². The molecule has 2 aromatic carbocycles. The minimum Gasteiger partial charge on any atom is -0.494 e. The quantitative estimate of drug-likeness (QED) is 0.275. The highest BCUT2D eigenvalue weighted by Crippen LogP contribution is 2.41. The monoisotopic (exact) mass is 563 g/mol. The lowest BCUT2D eigenvalue weighted by Gasteiger charge is -2.49. The van der Waals surface area contributed by atoms with Crippen LogP contribution in [0.4, 0.5) is 0 Å². The van der Waals surface area contributed by atoms with Crippen molar-refractivity contribution in [3.63, 3.8) is 0 Å². The Hall–Kier alpha value is -3.96. The molecule has 0 radical (unpaired) electrons. The normalized spacial score (nSPS) is 18.6. The zero-order valence-corrected chi connectivity index (χ0v) is 22.5. The predicted octanol–water partition coefficient (Wildman–Crippen LogP) is 4.28. The van der Waals surface area contributed by atoms with Crippen LogP contribution in [0.1, 0.15) is 12.7 Å². The van der Waals surface area contributed by atoms with Gasteiger partial charge in [0.25, 0.3) is 5.91 Å². The summed E-state index contributed by atoms with van der Waals surface area (Å²) < 4.78 is 10.9. The van der Waals surface area contributed by atoms with Crippen molar-refractivity contribution in [2.45, 2.75) is 23.2 Å². The molecule has 0 saturated carbocycles. The number of fused-ring (bicyclic) bond motifs is 1. The fourth-order valence-corrected chi connectivity index (χ4v) is 6.28. The first-order valence-electron chi connectivity index (χ1n) is 12.2. The molecule has 39 heavy (non-hydrogen) atoms. The summed E-state index contributed by atoms with van der Waals surface area (Å²) in [5, 5.41) is 16.3. The van der Waals surface area contributed by atoms with Gasteiger partial charge in [-0.25, -0.2) is 4.79 Å². The standard InChI is InChI=1S/C28H25N3O6S2/c1-2-36-19-11-8-17(9-12-19)22-14-20(37-30-22)13-10-18-15-39-27-24(26(33)31(27)25(18)28(34)35)29-23(32)16-38-21-6-4-3-5-7-21/h3-14,24,27H,2,15-16H2,1H3,(H,29,32)(H,34,35)/b13-10+/t24-,27-/m1/s1. The lowest BCUT2D eigenvalue weighted by molar-refractivity contribution is -0.150. The molecule has 2 amide bonds. The Morgan fingerprint density at radius 3 is 2.69 bits per heavy atom. The van der Waals surface area contributed by atoms with Gasteiger partial charge in [-0.3, -0.25) is 14.5 Å². The summed E-state index contributed by atoms with van der Waals surface area (Å²) in [7, 11) is 0. The number of aromatic nitrogens is 1. The molecule has 2 N–H and O–H groups in total. The Labute approximate surface area is 233 Å². The van der Waals surface area contributed by atoms with Gasteiger partial charge in [-0.1, -0.05) is 29.4 Å². The highest BCUT2D eigenvalue weighted by atomic mass is 32.2. The van der Waals surface area contributed by atoms with Crippen molar-refractivity contribution in [2.75, 3.05) is 18.1 Å². The number of ether oxygens (including phenoxy) is 1. The van der Waals surface area contributed by atoms with E-state index < -0.39 is 23.3 Å². The summed E-state index contributed by atoms with van der Waals surface area (Å²) in [5.41, 5.74) is 1.87. The molecule has 1 saturated heterocycles. The maximum atomic E-state index is 12.9. The van der Waals surface area contributed by atoms with Gasteiger partial charge in [-0.2, -0.15) is 0 Å². The summed E-state index contributed by atoms with van der Waals surface area (Å²) in [6, 6.07) is 17.9. The van der Waals surface area contributed by atoms with E-state index in [9.17, 15) is 19.5 Å². The van der Waals surface area contributed by atoms with E-state index in [1.54, 1.807) is 18.2 Å². The van der Waals surface area contributed by atoms with Crippen molar-refractivity contribution in [3.05, 3.63) is 83.8 Å². The summed E-state index contributed by atoms with van der Waals surface area (Å²) in [6.07, 6.45) is 3.26. The third-order valence-corrected chi connectivity index (χ3v) is 8.38. The minimum absolute atomic E-state index is 0.0876. The van der Waals surface area contributed by atoms with Gasteiger partial charge < -0.3 is 19.7 Å². The number of carbonyl (C=O) groups is 3. The number of thioether (sulfide) groups is 2. The third-order valence-electron chi connectivity index (χ3n) is 6.07. The number of carbonyl (C=O) groups excluding carboxylic acids is 2. The van der Waals surface area contributed by atoms with Gasteiger partial charge in [0.05, 0.1) is 12.4 Å². The van der Waals surface area contributed by atoms with Crippen molar-refractivity contribution in [1.82, 2.24) is 15.4 Å². The maximum absolute atomic E-state index is 12.9. The smallest absolute Gasteiger partial charge is 0.352 e. The topological polar surface area (TPSA) is 122 Å². The summed E-state index contributed by atoms with van der Waals surface area (Å²) in [6.45, 7) is 2.50. The predicted molar refractivity (Wildman–Crippen MR) is 149 cm³/mol. The molecular weight excluding hydrogens is 538 g/mol. The molecule has 0 bridgehead atoms. The van der Waals surface area contributed by atoms with Gasteiger partial charge in [0.2, 0.25) is 5.91 Å². The number of nitrogens with one attached hydrogen (secondary N) is 1. The number of allylic oxidation sites excluding steroid dienone is 1. The number of rotatable bonds is 10. The number of nitrogens with zero attached hydrogens (tertiary/aromatic N) is 2. The average Bonchev–Trinajstić information content (AvgIpc) is 3.43. The van der Waals surface area contributed by atoms with Crippen LogP contribution in [0.5, 0.6) is 5.75 Å². The first kappa shape index (κ1) is 26.6. The molecule has 2 atom stereocenters. The van der Waals surface area contributed by atoms with Gasteiger partial charge >= 0.3 is 5.97 Å². The number of aliphatic carboxylic acids is 1. The van der Waals surface area contributed by atoms with Crippen molar-refractivity contribution >= 4 is 47.4 Å². The van der Waals surface area contributed by atoms with Crippen LogP contribution in [0.2, 0.25) is 0 Å². The van der Waals surface area contributed by atoms with Gasteiger partial charge in [-0.15, -0.1) is 23.5 Å². The highest BCUT2D eigenvalue weighted by molar-refractivity contribution is 8.00. The first-order valence-corrected chi connectivity index (χ1v) is 14.2. The zero-order valence-electron chi connectivity index (χ0n) is 20.9. The molecule has 3 aromatic rings. The second kappa shape index (κ2) is 11.8. The molecule has 0 unspecified atom stereocenters. The molecule has 2 aliphatic rings. The Kier molecular flexibility index (Phi) is 8.08. The van der Waals surface area contributed by atoms with Crippen LogP contribution >= 0.6 is 23.5 Å². The van der Waals surface area contributed by atoms with Crippen LogP contribution in [-0.2, 0) is 14.4 Å². The SMILES string of the molecule is CCOc1ccc(-c2cc(/C=C/C3=C(C(=O)O)N4C(=O)[C@@H](NC(=O)CSc5ccccc5)[C@H]4SC3)on2)cc1. The van der Waals surface area contributed by atoms with E-state index in [4.69, 9.17) is 9.26 Å². The molecule has 1 aromatic heterocycles. The van der Waals surface area contributed by atoms with Gasteiger partial charge in [0.15, 0.2) is 5.76 Å². The second-order valence-electron chi connectivity index (χ2n) is 8.64. The number of β-lactam (4-membered cyclic amide) rings is 1. The molecule has 11 heteroatoms. The van der Waals surface area contributed by atoms with Crippen LogP contribution < -0.4 is 10.1 Å². The Morgan fingerprint density at radius 1 is 1.21 bits per heavy atom. The van der Waals surface area contributed by atoms with Crippen molar-refractivity contribution in [2.24, 2.45) is 0 Å². The zero-order chi connectivity index (χ0) is 27.4. The number of benzene rings is 2. The molecule has 2 aliphatic heterocycles. The Bertz CT molecular complexity index is 1430. The maximum Gasteiger partial charge on any atom is 0.352 e. The first-order chi connectivity index (χ1) is 18.9. The lowest BCUT2D eigenvalue weighted by Crippen LogP contribution is -2.70. The fourth-order valence-electron chi connectivity index (χ4n) is 4.23. The molecule has 3 heterocycles. The van der Waals surface area contributed by atoms with Gasteiger partial charge in [-0.05, 0) is 55.0 Å². The van der Waals surface area contributed by atoms with E-state index in [1.165, 1.54) is 28.4 Å². The molecule has 1 fully saturated rings. The number of carboxylic acids is 1. The number of amides is 2. The molecule has 200 valence electrons. The van der Waals surface area contributed by atoms with Crippen LogP contribution in [0, 0.1) is 0 Å². The van der Waals surface area contributed by atoms with E-state index in [1.807, 2.05) is 61.5 Å². The van der Waals surface area contributed by atoms with E-state index in [-0.39, 0.29) is 17.4 Å². The van der Waals surface area contributed by atoms with E-state index in [2.05, 4.69) is 10.5 Å². The Balaban J connectivity index is 1.24. The van der Waals surface area contributed by atoms with E-state index in [0.717, 1.165) is 16.2 Å². The molecule has 0 aliphatic carbocycles. The van der Waals surface area contributed by atoms with Gasteiger partial charge in [0.1, 0.15) is 28.6 Å². The average molecular weight is 564 g/mol. The number of hydrogen-bond acceptors (Lipinski definition) is 8. The second-order valence-corrected chi connectivity index (χ2v) is 10.8. The van der Waals surface area contributed by atoms with Gasteiger partial charge in [0, 0.05) is 22.3 Å². The van der Waals surface area contributed by atoms with Crippen molar-refractivity contribution in [1.29, 1.82) is 0 Å². The van der Waals surface area contributed by atoms with Crippen LogP contribution in [0.3, 0.4) is 0 Å². The summed E-state index contributed by atoms with van der Waals surface area (Å²) in [5.74, 6) is -0.188. The van der Waals surface area contributed by atoms with E-state index >= 15 is 0 Å². The molecule has 9 nitrogen and oxygen atoms in total. The van der Waals surface area contributed by atoms with Crippen molar-refractivity contribution < 1.29 is 28.8 Å². The highest BCUT2D eigenvalue weighted by Gasteiger charge is 2.53. The third kappa shape index (κ3) is 5.89. The van der Waals surface area contributed by atoms with Crippen LogP contribution in [0.25, 0.3) is 17.3 Å². The van der Waals surface area contributed by atoms with Crippen LogP contribution in [0.15, 0.2) is 87.4 Å². The largest absolute Gasteiger partial charge is 0.494 e. The fraction of sp³-hybridized carbons (Fsp3) is 0.214. The molecular formula is C28H25N3O6S2. The minimum atomic E-state index is -1.20. The number of carboxylic acid groups (broad SMARTS) is 1. The number of hydrogen-bond donors (Lipinski definition) is 2. The van der Waals surface area contributed by atoms with E-state index in [0.29, 0.717) is 29.4 Å². The summed E-state index contributed by atoms with van der Waals surface area (Å²) >= 11 is 2.78. The molecule has 5 rings (SSSR count). The molecule has 0 spiro atoms. The summed E-state index contributed by atoms with van der Waals surface area (Å²) in [4.78, 5) is 39.7. The van der Waals surface area contributed by atoms with Crippen LogP contribution in [-0.4, -0.2) is 62.5 Å².